The van der Waals surface area contributed by atoms with Crippen LogP contribution in [0.1, 0.15) is 81.5 Å². The first-order valence-electron chi connectivity index (χ1n) is 13.5. The number of benzene rings is 3. The Morgan fingerprint density at radius 1 is 0.763 bits per heavy atom. The minimum atomic E-state index is -0.497. The number of rotatable bonds is 16. The van der Waals surface area contributed by atoms with E-state index in [1.54, 1.807) is 36.4 Å². The second-order valence-electron chi connectivity index (χ2n) is 9.23. The van der Waals surface area contributed by atoms with Crippen LogP contribution in [0.25, 0.3) is 0 Å². The molecule has 0 aliphatic rings. The van der Waals surface area contributed by atoms with Crippen molar-refractivity contribution in [2.75, 3.05) is 6.61 Å². The number of hydrogen-bond donors (Lipinski definition) is 0. The fourth-order valence-electron chi connectivity index (χ4n) is 3.88. The molecule has 0 unspecified atom stereocenters. The zero-order valence-electron chi connectivity index (χ0n) is 22.0. The number of ether oxygens (including phenoxy) is 2. The number of carbonyl (C=O) groups excluding carboxylic acids is 1. The molecular weight excluding hydrogens is 503 g/mol. The summed E-state index contributed by atoms with van der Waals surface area (Å²) in [6, 6.07) is 17.2. The van der Waals surface area contributed by atoms with Crippen molar-refractivity contribution in [3.05, 3.63) is 83.1 Å². The lowest BCUT2D eigenvalue weighted by atomic mass is 10.1. The van der Waals surface area contributed by atoms with Gasteiger partial charge in [-0.15, -0.1) is 5.11 Å². The van der Waals surface area contributed by atoms with Crippen LogP contribution in [-0.2, 0) is 0 Å². The molecule has 7 heteroatoms. The summed E-state index contributed by atoms with van der Waals surface area (Å²) in [6.45, 7) is 2.92. The summed E-state index contributed by atoms with van der Waals surface area (Å²) in [5.41, 5.74) is 1.31. The second kappa shape index (κ2) is 16.6. The first-order valence-corrected chi connectivity index (χ1v) is 13.8. The van der Waals surface area contributed by atoms with E-state index in [9.17, 15) is 9.18 Å². The van der Waals surface area contributed by atoms with Crippen LogP contribution in [-0.4, -0.2) is 12.6 Å². The molecule has 3 rings (SSSR count). The lowest BCUT2D eigenvalue weighted by molar-refractivity contribution is 0.0734. The van der Waals surface area contributed by atoms with Gasteiger partial charge in [0, 0.05) is 6.07 Å². The molecule has 0 saturated carbocycles. The highest BCUT2D eigenvalue weighted by Gasteiger charge is 2.11. The van der Waals surface area contributed by atoms with Crippen molar-refractivity contribution in [1.82, 2.24) is 0 Å². The van der Waals surface area contributed by atoms with E-state index in [2.05, 4.69) is 17.2 Å². The molecule has 3 aromatic rings. The molecule has 0 spiro atoms. The average molecular weight is 539 g/mol. The highest BCUT2D eigenvalue weighted by atomic mass is 35.5. The van der Waals surface area contributed by atoms with Crippen molar-refractivity contribution in [2.45, 2.75) is 71.1 Å². The van der Waals surface area contributed by atoms with Gasteiger partial charge < -0.3 is 9.47 Å². The Kier molecular flexibility index (Phi) is 12.8. The van der Waals surface area contributed by atoms with Gasteiger partial charge in [-0.05, 0) is 67.1 Å². The summed E-state index contributed by atoms with van der Waals surface area (Å²) in [5.74, 6) is 0.182. The molecule has 0 fully saturated rings. The number of carbonyl (C=O) groups is 1. The van der Waals surface area contributed by atoms with E-state index in [0.29, 0.717) is 29.3 Å². The molecular formula is C31H36ClFN2O3. The highest BCUT2D eigenvalue weighted by Crippen LogP contribution is 2.31. The summed E-state index contributed by atoms with van der Waals surface area (Å²) < 4.78 is 24.3. The van der Waals surface area contributed by atoms with Crippen LogP contribution in [0.15, 0.2) is 77.0 Å². The van der Waals surface area contributed by atoms with Gasteiger partial charge in [-0.1, -0.05) is 76.3 Å². The van der Waals surface area contributed by atoms with Crippen LogP contribution in [0.2, 0.25) is 5.02 Å². The Bertz CT molecular complexity index is 1150. The molecule has 0 amide bonds. The standard InChI is InChI=1S/C31H36ClFN2O3/c1-2-3-4-5-6-7-8-9-10-11-22-37-27-18-12-24(13-19-27)31(36)38-28-20-21-30(29(32)23-28)35-34-26-16-14-25(33)15-17-26/h12-21,23H,2-11,22H2,1H3. The topological polar surface area (TPSA) is 60.2 Å². The molecule has 3 aromatic carbocycles. The largest absolute Gasteiger partial charge is 0.494 e. The quantitative estimate of drug-likeness (QED) is 0.0788. The highest BCUT2D eigenvalue weighted by molar-refractivity contribution is 6.33. The number of azo groups is 1. The molecule has 0 atom stereocenters. The first-order chi connectivity index (χ1) is 18.5. The fraction of sp³-hybridized carbons (Fsp3) is 0.387. The van der Waals surface area contributed by atoms with Crippen LogP contribution >= 0.6 is 11.6 Å². The number of halogens is 2. The van der Waals surface area contributed by atoms with Crippen LogP contribution in [0.3, 0.4) is 0 Å². The SMILES string of the molecule is CCCCCCCCCCCCOc1ccc(C(=O)Oc2ccc(N=Nc3ccc(F)cc3)c(Cl)c2)cc1. The molecule has 202 valence electrons. The van der Waals surface area contributed by atoms with Crippen molar-refractivity contribution in [1.29, 1.82) is 0 Å². The van der Waals surface area contributed by atoms with Crippen molar-refractivity contribution in [3.8, 4) is 11.5 Å². The monoisotopic (exact) mass is 538 g/mol. The molecule has 0 aliphatic heterocycles. The minimum Gasteiger partial charge on any atom is -0.494 e. The van der Waals surface area contributed by atoms with E-state index in [1.807, 2.05) is 0 Å². The zero-order chi connectivity index (χ0) is 27.0. The lowest BCUT2D eigenvalue weighted by Crippen LogP contribution is -2.08. The molecule has 5 nitrogen and oxygen atoms in total. The Morgan fingerprint density at radius 2 is 1.37 bits per heavy atom. The van der Waals surface area contributed by atoms with Crippen LogP contribution in [0.5, 0.6) is 11.5 Å². The summed E-state index contributed by atoms with van der Waals surface area (Å²) in [7, 11) is 0. The molecule has 0 bridgehead atoms. The number of esters is 1. The molecule has 0 aromatic heterocycles. The maximum absolute atomic E-state index is 13.0. The number of unbranched alkanes of at least 4 members (excludes halogenated alkanes) is 9. The fourth-order valence-corrected chi connectivity index (χ4v) is 4.09. The summed E-state index contributed by atoms with van der Waals surface area (Å²) in [5, 5.41) is 8.38. The smallest absolute Gasteiger partial charge is 0.343 e. The van der Waals surface area contributed by atoms with Gasteiger partial charge in [0.2, 0.25) is 0 Å². The van der Waals surface area contributed by atoms with Gasteiger partial charge in [0.25, 0.3) is 0 Å². The van der Waals surface area contributed by atoms with Crippen molar-refractivity contribution in [3.63, 3.8) is 0 Å². The van der Waals surface area contributed by atoms with Gasteiger partial charge in [0.1, 0.15) is 23.0 Å². The predicted octanol–water partition coefficient (Wildman–Crippen LogP) is 10.4. The van der Waals surface area contributed by atoms with E-state index in [4.69, 9.17) is 21.1 Å². The second-order valence-corrected chi connectivity index (χ2v) is 9.64. The molecule has 0 aliphatic carbocycles. The van der Waals surface area contributed by atoms with E-state index < -0.39 is 5.97 Å². The predicted molar refractivity (Wildman–Crippen MR) is 151 cm³/mol. The third kappa shape index (κ3) is 10.6. The molecule has 0 N–H and O–H groups in total. The summed E-state index contributed by atoms with van der Waals surface area (Å²) in [4.78, 5) is 12.5. The zero-order valence-corrected chi connectivity index (χ0v) is 22.8. The Morgan fingerprint density at radius 3 is 2.00 bits per heavy atom. The summed E-state index contributed by atoms with van der Waals surface area (Å²) >= 11 is 6.27. The van der Waals surface area contributed by atoms with Gasteiger partial charge in [-0.25, -0.2) is 9.18 Å². The third-order valence-electron chi connectivity index (χ3n) is 6.09. The van der Waals surface area contributed by atoms with Crippen molar-refractivity contribution >= 4 is 28.9 Å². The van der Waals surface area contributed by atoms with E-state index >= 15 is 0 Å². The Labute approximate surface area is 230 Å². The Balaban J connectivity index is 1.37. The van der Waals surface area contributed by atoms with Crippen molar-refractivity contribution in [2.24, 2.45) is 10.2 Å². The molecule has 0 radical (unpaired) electrons. The third-order valence-corrected chi connectivity index (χ3v) is 6.39. The van der Waals surface area contributed by atoms with Gasteiger partial charge in [0.05, 0.1) is 22.9 Å². The molecule has 38 heavy (non-hydrogen) atoms. The van der Waals surface area contributed by atoms with E-state index in [-0.39, 0.29) is 10.8 Å². The van der Waals surface area contributed by atoms with Gasteiger partial charge in [-0.3, -0.25) is 0 Å². The summed E-state index contributed by atoms with van der Waals surface area (Å²) in [6.07, 6.45) is 12.8. The number of hydrogen-bond acceptors (Lipinski definition) is 5. The van der Waals surface area contributed by atoms with Crippen LogP contribution < -0.4 is 9.47 Å². The molecule has 0 saturated heterocycles. The van der Waals surface area contributed by atoms with Crippen LogP contribution in [0, 0.1) is 5.82 Å². The lowest BCUT2D eigenvalue weighted by Gasteiger charge is -2.08. The normalized spacial score (nSPS) is 11.1. The van der Waals surface area contributed by atoms with Crippen LogP contribution in [0.4, 0.5) is 15.8 Å². The van der Waals surface area contributed by atoms with Crippen molar-refractivity contribution < 1.29 is 18.7 Å². The van der Waals surface area contributed by atoms with E-state index in [1.165, 1.54) is 88.1 Å². The minimum absolute atomic E-state index is 0.275. The number of nitrogens with zero attached hydrogens (tertiary/aromatic N) is 2. The van der Waals surface area contributed by atoms with E-state index in [0.717, 1.165) is 12.2 Å². The van der Waals surface area contributed by atoms with Gasteiger partial charge in [-0.2, -0.15) is 5.11 Å². The average Bonchev–Trinajstić information content (AvgIpc) is 2.92. The van der Waals surface area contributed by atoms with Gasteiger partial charge >= 0.3 is 5.97 Å². The molecule has 0 heterocycles. The van der Waals surface area contributed by atoms with Gasteiger partial charge in [0.15, 0.2) is 0 Å². The maximum atomic E-state index is 13.0. The first kappa shape index (κ1) is 29.3. The maximum Gasteiger partial charge on any atom is 0.343 e. The Hall–Kier alpha value is -3.25.